The van der Waals surface area contributed by atoms with Crippen molar-refractivity contribution in [1.82, 2.24) is 10.4 Å². The summed E-state index contributed by atoms with van der Waals surface area (Å²) in [5, 5.41) is 6.98. The SMILES string of the molecule is CCCCCCCCCNN=C(N)Nc1ccccn1. The average molecular weight is 277 g/mol. The zero-order chi connectivity index (χ0) is 14.5. The van der Waals surface area contributed by atoms with Gasteiger partial charge >= 0.3 is 0 Å². The summed E-state index contributed by atoms with van der Waals surface area (Å²) in [6.07, 6.45) is 10.8. The lowest BCUT2D eigenvalue weighted by atomic mass is 10.1. The van der Waals surface area contributed by atoms with Crippen molar-refractivity contribution in [3.8, 4) is 0 Å². The van der Waals surface area contributed by atoms with Crippen LogP contribution in [0.5, 0.6) is 0 Å². The smallest absolute Gasteiger partial charge is 0.216 e. The molecule has 5 heteroatoms. The number of nitrogens with two attached hydrogens (primary N) is 1. The van der Waals surface area contributed by atoms with Crippen LogP contribution in [0.15, 0.2) is 29.5 Å². The first-order valence-electron chi connectivity index (χ1n) is 7.57. The molecule has 5 nitrogen and oxygen atoms in total. The molecule has 0 aliphatic heterocycles. The highest BCUT2D eigenvalue weighted by Gasteiger charge is 1.94. The summed E-state index contributed by atoms with van der Waals surface area (Å²) in [7, 11) is 0. The van der Waals surface area contributed by atoms with Gasteiger partial charge in [0.05, 0.1) is 0 Å². The standard InChI is InChI=1S/C15H27N5/c1-2-3-4-5-6-7-9-13-18-20-15(16)19-14-11-8-10-12-17-14/h8,10-12,18H,2-7,9,13H2,1H3,(H3,16,17,19,20). The van der Waals surface area contributed by atoms with Crippen molar-refractivity contribution < 1.29 is 0 Å². The summed E-state index contributed by atoms with van der Waals surface area (Å²) < 4.78 is 0. The van der Waals surface area contributed by atoms with Crippen molar-refractivity contribution in [2.45, 2.75) is 51.9 Å². The van der Waals surface area contributed by atoms with Gasteiger partial charge in [0.15, 0.2) is 0 Å². The Balaban J connectivity index is 2.00. The Bertz CT molecular complexity index is 364. The van der Waals surface area contributed by atoms with Crippen LogP contribution >= 0.6 is 0 Å². The van der Waals surface area contributed by atoms with E-state index in [0.717, 1.165) is 13.0 Å². The van der Waals surface area contributed by atoms with Crippen LogP contribution in [0.4, 0.5) is 5.82 Å². The number of unbranched alkanes of at least 4 members (excludes halogenated alkanes) is 6. The van der Waals surface area contributed by atoms with E-state index in [4.69, 9.17) is 5.73 Å². The molecule has 1 rings (SSSR count). The van der Waals surface area contributed by atoms with E-state index in [9.17, 15) is 0 Å². The van der Waals surface area contributed by atoms with Crippen LogP contribution in [0, 0.1) is 0 Å². The van der Waals surface area contributed by atoms with Crippen molar-refractivity contribution in [3.05, 3.63) is 24.4 Å². The van der Waals surface area contributed by atoms with Gasteiger partial charge in [-0.1, -0.05) is 51.5 Å². The largest absolute Gasteiger partial charge is 0.368 e. The molecule has 1 heterocycles. The number of pyridine rings is 1. The van der Waals surface area contributed by atoms with Crippen LogP contribution in [0.25, 0.3) is 0 Å². The molecule has 0 aliphatic rings. The first-order valence-corrected chi connectivity index (χ1v) is 7.57. The van der Waals surface area contributed by atoms with Gasteiger partial charge in [0.1, 0.15) is 5.82 Å². The van der Waals surface area contributed by atoms with Crippen LogP contribution in [0.1, 0.15) is 51.9 Å². The van der Waals surface area contributed by atoms with E-state index in [0.29, 0.717) is 11.8 Å². The first kappa shape index (κ1) is 16.3. The zero-order valence-electron chi connectivity index (χ0n) is 12.4. The number of nitrogens with one attached hydrogen (secondary N) is 2. The molecular weight excluding hydrogens is 250 g/mol. The van der Waals surface area contributed by atoms with Gasteiger partial charge in [0, 0.05) is 12.7 Å². The molecule has 112 valence electrons. The molecule has 0 fully saturated rings. The number of hydrogen-bond donors (Lipinski definition) is 3. The summed E-state index contributed by atoms with van der Waals surface area (Å²) in [6, 6.07) is 5.60. The van der Waals surface area contributed by atoms with Crippen molar-refractivity contribution in [3.63, 3.8) is 0 Å². The summed E-state index contributed by atoms with van der Waals surface area (Å²) >= 11 is 0. The number of aromatic nitrogens is 1. The predicted molar refractivity (Wildman–Crippen MR) is 85.5 cm³/mol. The van der Waals surface area contributed by atoms with Crippen molar-refractivity contribution in [2.24, 2.45) is 10.8 Å². The molecule has 0 amide bonds. The molecule has 0 radical (unpaired) electrons. The Morgan fingerprint density at radius 1 is 1.15 bits per heavy atom. The minimum Gasteiger partial charge on any atom is -0.368 e. The monoisotopic (exact) mass is 277 g/mol. The molecule has 0 unspecified atom stereocenters. The van der Waals surface area contributed by atoms with E-state index in [2.05, 4.69) is 27.8 Å². The number of hydrogen-bond acceptors (Lipinski definition) is 3. The Kier molecular flexibility index (Phi) is 9.02. The minimum atomic E-state index is 0.339. The topological polar surface area (TPSA) is 75.3 Å². The lowest BCUT2D eigenvalue weighted by Crippen LogP contribution is -2.26. The normalized spacial score (nSPS) is 11.3. The lowest BCUT2D eigenvalue weighted by molar-refractivity contribution is 0.570. The third-order valence-corrected chi connectivity index (χ3v) is 3.01. The van der Waals surface area contributed by atoms with Crippen LogP contribution in [-0.4, -0.2) is 17.5 Å². The fourth-order valence-electron chi connectivity index (χ4n) is 1.90. The maximum atomic E-state index is 5.74. The van der Waals surface area contributed by atoms with Gasteiger partial charge in [-0.3, -0.25) is 0 Å². The fraction of sp³-hybridized carbons (Fsp3) is 0.600. The first-order chi connectivity index (χ1) is 9.83. The Morgan fingerprint density at radius 3 is 2.60 bits per heavy atom. The molecule has 0 bridgehead atoms. The third kappa shape index (κ3) is 8.34. The van der Waals surface area contributed by atoms with Crippen LogP contribution in [0.2, 0.25) is 0 Å². The van der Waals surface area contributed by atoms with Crippen LogP contribution in [-0.2, 0) is 0 Å². The number of rotatable bonds is 10. The second kappa shape index (κ2) is 11.1. The summed E-state index contributed by atoms with van der Waals surface area (Å²) in [5.74, 6) is 1.04. The maximum Gasteiger partial charge on any atom is 0.216 e. The van der Waals surface area contributed by atoms with Gasteiger partial charge in [0.25, 0.3) is 0 Å². The number of hydrazone groups is 1. The molecule has 4 N–H and O–H groups in total. The molecule has 0 aliphatic carbocycles. The molecule has 0 aromatic carbocycles. The highest BCUT2D eigenvalue weighted by atomic mass is 15.3. The van der Waals surface area contributed by atoms with Crippen molar-refractivity contribution in [2.75, 3.05) is 11.9 Å². The minimum absolute atomic E-state index is 0.339. The van der Waals surface area contributed by atoms with Crippen LogP contribution < -0.4 is 16.5 Å². The second-order valence-corrected chi connectivity index (χ2v) is 4.87. The van der Waals surface area contributed by atoms with E-state index < -0.39 is 0 Å². The Hall–Kier alpha value is -1.78. The van der Waals surface area contributed by atoms with Gasteiger partial charge in [-0.25, -0.2) is 4.98 Å². The van der Waals surface area contributed by atoms with E-state index in [1.54, 1.807) is 6.20 Å². The molecular formula is C15H27N5. The van der Waals surface area contributed by atoms with Crippen molar-refractivity contribution in [1.29, 1.82) is 0 Å². The molecule has 1 aromatic rings. The second-order valence-electron chi connectivity index (χ2n) is 4.87. The van der Waals surface area contributed by atoms with Crippen molar-refractivity contribution >= 4 is 11.8 Å². The Labute approximate surface area is 122 Å². The highest BCUT2D eigenvalue weighted by molar-refractivity contribution is 5.91. The van der Waals surface area contributed by atoms with Gasteiger partial charge in [-0.2, -0.15) is 0 Å². The van der Waals surface area contributed by atoms with Gasteiger partial charge in [-0.15, -0.1) is 5.10 Å². The molecule has 0 atom stereocenters. The molecule has 0 saturated carbocycles. The fourth-order valence-corrected chi connectivity index (χ4v) is 1.90. The van der Waals surface area contributed by atoms with Gasteiger partial charge < -0.3 is 16.5 Å². The summed E-state index contributed by atoms with van der Waals surface area (Å²) in [6.45, 7) is 3.10. The highest BCUT2D eigenvalue weighted by Crippen LogP contribution is 2.06. The molecule has 1 aromatic heterocycles. The van der Waals surface area contributed by atoms with E-state index in [-0.39, 0.29) is 0 Å². The molecule has 0 saturated heterocycles. The van der Waals surface area contributed by atoms with Gasteiger partial charge in [0.2, 0.25) is 5.96 Å². The maximum absolute atomic E-state index is 5.74. The predicted octanol–water partition coefficient (Wildman–Crippen LogP) is 3.06. The number of nitrogens with zero attached hydrogens (tertiary/aromatic N) is 2. The summed E-state index contributed by atoms with van der Waals surface area (Å²) in [4.78, 5) is 4.11. The molecule has 20 heavy (non-hydrogen) atoms. The summed E-state index contributed by atoms with van der Waals surface area (Å²) in [5.41, 5.74) is 8.72. The number of anilines is 1. The zero-order valence-corrected chi connectivity index (χ0v) is 12.4. The Morgan fingerprint density at radius 2 is 1.90 bits per heavy atom. The van der Waals surface area contributed by atoms with Gasteiger partial charge in [-0.05, 0) is 18.6 Å². The van der Waals surface area contributed by atoms with E-state index in [1.165, 1.54) is 38.5 Å². The quantitative estimate of drug-likeness (QED) is 0.266. The van der Waals surface area contributed by atoms with E-state index in [1.807, 2.05) is 18.2 Å². The molecule has 0 spiro atoms. The third-order valence-electron chi connectivity index (χ3n) is 3.01. The number of guanidine groups is 1. The average Bonchev–Trinajstić information content (AvgIpc) is 2.46. The van der Waals surface area contributed by atoms with E-state index >= 15 is 0 Å². The van der Waals surface area contributed by atoms with Crippen LogP contribution in [0.3, 0.4) is 0 Å². The lowest BCUT2D eigenvalue weighted by Gasteiger charge is -2.05.